The van der Waals surface area contributed by atoms with Crippen molar-refractivity contribution in [3.8, 4) is 0 Å². The normalized spacial score (nSPS) is 44.1. The van der Waals surface area contributed by atoms with Crippen molar-refractivity contribution in [3.63, 3.8) is 0 Å². The SMILES string of the molecule is C=C(CCC(C)C1CC[C@@]2(C)C3=C(CC[C@]12C)[C@@]1(C)CCC(O)C(C)(C)C1CC3)C(C)C. The van der Waals surface area contributed by atoms with Gasteiger partial charge in [0, 0.05) is 0 Å². The average molecular weight is 441 g/mol. The van der Waals surface area contributed by atoms with Crippen molar-refractivity contribution in [2.24, 2.45) is 45.3 Å². The molecule has 4 rings (SSSR count). The van der Waals surface area contributed by atoms with Gasteiger partial charge in [-0.1, -0.05) is 78.7 Å². The maximum atomic E-state index is 10.8. The Morgan fingerprint density at radius 3 is 2.28 bits per heavy atom. The Labute approximate surface area is 199 Å². The van der Waals surface area contributed by atoms with Crippen LogP contribution in [0.5, 0.6) is 0 Å². The predicted molar refractivity (Wildman–Crippen MR) is 137 cm³/mol. The number of aliphatic hydroxyl groups is 1. The molecule has 0 aliphatic heterocycles. The minimum Gasteiger partial charge on any atom is -0.393 e. The number of aliphatic hydroxyl groups excluding tert-OH is 1. The summed E-state index contributed by atoms with van der Waals surface area (Å²) in [5.41, 5.74) is 6.32. The summed E-state index contributed by atoms with van der Waals surface area (Å²) in [4.78, 5) is 0. The van der Waals surface area contributed by atoms with Crippen LogP contribution in [0, 0.1) is 45.3 Å². The third-order valence-electron chi connectivity index (χ3n) is 12.2. The van der Waals surface area contributed by atoms with E-state index < -0.39 is 0 Å². The van der Waals surface area contributed by atoms with Crippen LogP contribution in [0.3, 0.4) is 0 Å². The Hall–Kier alpha value is -0.560. The fourth-order valence-electron chi connectivity index (χ4n) is 9.53. The lowest BCUT2D eigenvalue weighted by molar-refractivity contribution is -0.0962. The van der Waals surface area contributed by atoms with E-state index in [0.717, 1.165) is 18.3 Å². The summed E-state index contributed by atoms with van der Waals surface area (Å²) in [6.07, 6.45) is 12.6. The summed E-state index contributed by atoms with van der Waals surface area (Å²) in [6.45, 7) is 24.1. The molecule has 0 saturated heterocycles. The maximum Gasteiger partial charge on any atom is 0.0594 e. The number of rotatable bonds is 5. The lowest BCUT2D eigenvalue weighted by atomic mass is 9.43. The molecule has 2 fully saturated rings. The molecule has 182 valence electrons. The summed E-state index contributed by atoms with van der Waals surface area (Å²) < 4.78 is 0. The van der Waals surface area contributed by atoms with Gasteiger partial charge in [-0.25, -0.2) is 0 Å². The van der Waals surface area contributed by atoms with Gasteiger partial charge >= 0.3 is 0 Å². The van der Waals surface area contributed by atoms with Gasteiger partial charge in [-0.3, -0.25) is 0 Å². The van der Waals surface area contributed by atoms with Gasteiger partial charge in [-0.2, -0.15) is 0 Å². The molecule has 0 aromatic rings. The zero-order valence-electron chi connectivity index (χ0n) is 22.6. The third kappa shape index (κ3) is 3.34. The van der Waals surface area contributed by atoms with Crippen molar-refractivity contribution in [1.29, 1.82) is 0 Å². The van der Waals surface area contributed by atoms with Crippen LogP contribution in [0.25, 0.3) is 0 Å². The van der Waals surface area contributed by atoms with Gasteiger partial charge in [-0.15, -0.1) is 0 Å². The first-order valence-electron chi connectivity index (χ1n) is 13.9. The smallest absolute Gasteiger partial charge is 0.0594 e. The molecule has 2 saturated carbocycles. The van der Waals surface area contributed by atoms with Gasteiger partial charge in [0.2, 0.25) is 0 Å². The first-order chi connectivity index (χ1) is 14.8. The molecule has 0 aromatic heterocycles. The van der Waals surface area contributed by atoms with Crippen LogP contribution in [0.4, 0.5) is 0 Å². The van der Waals surface area contributed by atoms with Gasteiger partial charge in [0.1, 0.15) is 0 Å². The van der Waals surface area contributed by atoms with Crippen LogP contribution in [0.2, 0.25) is 0 Å². The van der Waals surface area contributed by atoms with Gasteiger partial charge in [0.05, 0.1) is 6.10 Å². The summed E-state index contributed by atoms with van der Waals surface area (Å²) in [6, 6.07) is 0. The lowest BCUT2D eigenvalue weighted by Crippen LogP contribution is -2.55. The number of hydrogen-bond acceptors (Lipinski definition) is 1. The van der Waals surface area contributed by atoms with Crippen molar-refractivity contribution in [2.75, 3.05) is 0 Å². The largest absolute Gasteiger partial charge is 0.393 e. The Morgan fingerprint density at radius 1 is 0.938 bits per heavy atom. The van der Waals surface area contributed by atoms with E-state index in [1.807, 2.05) is 11.1 Å². The molecule has 1 heteroatoms. The molecule has 4 aliphatic rings. The summed E-state index contributed by atoms with van der Waals surface area (Å²) in [7, 11) is 0. The molecular formula is C31H52O. The monoisotopic (exact) mass is 440 g/mol. The van der Waals surface area contributed by atoms with Crippen molar-refractivity contribution in [2.45, 2.75) is 126 Å². The van der Waals surface area contributed by atoms with E-state index >= 15 is 0 Å². The van der Waals surface area contributed by atoms with E-state index in [0.29, 0.717) is 28.1 Å². The van der Waals surface area contributed by atoms with Crippen LogP contribution in [0.15, 0.2) is 23.3 Å². The highest BCUT2D eigenvalue weighted by Crippen LogP contribution is 2.72. The van der Waals surface area contributed by atoms with E-state index in [2.05, 4.69) is 62.0 Å². The van der Waals surface area contributed by atoms with Crippen LogP contribution in [-0.2, 0) is 0 Å². The highest BCUT2D eigenvalue weighted by molar-refractivity contribution is 5.38. The van der Waals surface area contributed by atoms with E-state index in [4.69, 9.17) is 0 Å². The highest BCUT2D eigenvalue weighted by Gasteiger charge is 2.63. The molecule has 4 unspecified atom stereocenters. The first-order valence-corrected chi connectivity index (χ1v) is 13.9. The fourth-order valence-corrected chi connectivity index (χ4v) is 9.53. The predicted octanol–water partition coefficient (Wildman–Crippen LogP) is 8.73. The summed E-state index contributed by atoms with van der Waals surface area (Å²) in [5.74, 6) is 2.87. The Balaban J connectivity index is 1.62. The van der Waals surface area contributed by atoms with Crippen LogP contribution in [0.1, 0.15) is 120 Å². The molecule has 7 atom stereocenters. The Bertz CT molecular complexity index is 786. The van der Waals surface area contributed by atoms with Crippen molar-refractivity contribution >= 4 is 0 Å². The second-order valence-corrected chi connectivity index (χ2v) is 14.1. The van der Waals surface area contributed by atoms with Crippen LogP contribution < -0.4 is 0 Å². The van der Waals surface area contributed by atoms with Gasteiger partial charge in [-0.05, 0) is 110 Å². The molecule has 32 heavy (non-hydrogen) atoms. The van der Waals surface area contributed by atoms with Gasteiger partial charge < -0.3 is 5.11 Å². The van der Waals surface area contributed by atoms with Crippen LogP contribution in [-0.4, -0.2) is 11.2 Å². The highest BCUT2D eigenvalue weighted by atomic mass is 16.3. The molecule has 4 aliphatic carbocycles. The molecule has 0 aromatic carbocycles. The number of allylic oxidation sites excluding steroid dienone is 3. The Kier molecular flexibility index (Phi) is 6.14. The third-order valence-corrected chi connectivity index (χ3v) is 12.2. The molecule has 0 radical (unpaired) electrons. The van der Waals surface area contributed by atoms with Gasteiger partial charge in [0.25, 0.3) is 0 Å². The quantitative estimate of drug-likeness (QED) is 0.424. The molecule has 1 N–H and O–H groups in total. The molecular weight excluding hydrogens is 388 g/mol. The number of hydrogen-bond donors (Lipinski definition) is 1. The second kappa shape index (κ2) is 8.00. The molecule has 0 spiro atoms. The van der Waals surface area contributed by atoms with Crippen molar-refractivity contribution < 1.29 is 5.11 Å². The topological polar surface area (TPSA) is 20.2 Å². The van der Waals surface area contributed by atoms with Crippen molar-refractivity contribution in [1.82, 2.24) is 0 Å². The van der Waals surface area contributed by atoms with Crippen LogP contribution >= 0.6 is 0 Å². The Morgan fingerprint density at radius 2 is 1.62 bits per heavy atom. The minimum atomic E-state index is -0.135. The molecule has 0 amide bonds. The molecule has 0 bridgehead atoms. The lowest BCUT2D eigenvalue weighted by Gasteiger charge is -2.62. The summed E-state index contributed by atoms with van der Waals surface area (Å²) in [5, 5.41) is 10.8. The molecule has 0 heterocycles. The standard InChI is InChI=1S/C31H52O/c1-20(2)21(3)10-11-22(4)23-14-18-31(9)25-12-13-26-28(5,6)27(32)16-17-29(26,7)24(25)15-19-30(23,31)8/h20,22-23,26-27,32H,3,10-19H2,1-2,4-9H3/t22?,23?,26?,27?,29-,30-,31+/m1/s1. The van der Waals surface area contributed by atoms with Gasteiger partial charge in [0.15, 0.2) is 0 Å². The fraction of sp³-hybridized carbons (Fsp3) is 0.871. The first kappa shape index (κ1) is 24.6. The zero-order valence-corrected chi connectivity index (χ0v) is 22.6. The van der Waals surface area contributed by atoms with Crippen molar-refractivity contribution in [3.05, 3.63) is 23.3 Å². The number of fused-ring (bicyclic) bond motifs is 4. The summed E-state index contributed by atoms with van der Waals surface area (Å²) >= 11 is 0. The maximum absolute atomic E-state index is 10.8. The van der Waals surface area contributed by atoms with E-state index in [1.165, 1.54) is 63.4 Å². The van der Waals surface area contributed by atoms with E-state index in [1.54, 1.807) is 0 Å². The molecule has 1 nitrogen and oxygen atoms in total. The average Bonchev–Trinajstić information content (AvgIpc) is 3.00. The van der Waals surface area contributed by atoms with E-state index in [9.17, 15) is 5.11 Å². The second-order valence-electron chi connectivity index (χ2n) is 14.1. The zero-order chi connectivity index (χ0) is 23.7. The van der Waals surface area contributed by atoms with E-state index in [-0.39, 0.29) is 11.5 Å². The minimum absolute atomic E-state index is 0.0404.